The van der Waals surface area contributed by atoms with Crippen LogP contribution in [0.4, 0.5) is 0 Å². The van der Waals surface area contributed by atoms with Crippen molar-refractivity contribution >= 4 is 0 Å². The van der Waals surface area contributed by atoms with E-state index in [2.05, 4.69) is 27.7 Å². The lowest BCUT2D eigenvalue weighted by Gasteiger charge is -1.98. The van der Waals surface area contributed by atoms with Gasteiger partial charge in [0.2, 0.25) is 0 Å². The van der Waals surface area contributed by atoms with Crippen LogP contribution in [-0.4, -0.2) is 11.7 Å². The van der Waals surface area contributed by atoms with Crippen molar-refractivity contribution in [3.05, 3.63) is 12.2 Å². The van der Waals surface area contributed by atoms with Crippen molar-refractivity contribution in [3.8, 4) is 0 Å². The van der Waals surface area contributed by atoms with Crippen LogP contribution in [0.25, 0.3) is 0 Å². The van der Waals surface area contributed by atoms with Gasteiger partial charge in [-0.1, -0.05) is 79.4 Å². The Morgan fingerprint density at radius 1 is 1.00 bits per heavy atom. The van der Waals surface area contributed by atoms with Crippen molar-refractivity contribution in [1.29, 1.82) is 0 Å². The summed E-state index contributed by atoms with van der Waals surface area (Å²) in [7, 11) is 0. The fourth-order valence-corrected chi connectivity index (χ4v) is 0.971. The summed E-state index contributed by atoms with van der Waals surface area (Å²) in [6.45, 7) is 13.1. The van der Waals surface area contributed by atoms with Gasteiger partial charge in [-0.2, -0.15) is 0 Å². The second kappa shape index (κ2) is 24.1. The van der Waals surface area contributed by atoms with Gasteiger partial charge in [-0.05, 0) is 12.3 Å². The van der Waals surface area contributed by atoms with E-state index < -0.39 is 0 Å². The van der Waals surface area contributed by atoms with E-state index in [0.717, 1.165) is 18.8 Å². The molecule has 0 fully saturated rings. The zero-order valence-corrected chi connectivity index (χ0v) is 12.4. The smallest absolute Gasteiger partial charge is 0.0612 e. The standard InChI is InChI=1S/C7H16.C6H12O.C2H6/c1-4-5-6-7(2)3;1-2-3-4-5-6-7;1-2/h7H,4-6H2,1-3H3;4-5,7H,2-3,6H2,1H3;1-2H3. The third kappa shape index (κ3) is 37.3. The van der Waals surface area contributed by atoms with Gasteiger partial charge in [-0.15, -0.1) is 0 Å². The van der Waals surface area contributed by atoms with Gasteiger partial charge in [0.05, 0.1) is 6.61 Å². The van der Waals surface area contributed by atoms with Gasteiger partial charge in [-0.25, -0.2) is 0 Å². The maximum absolute atomic E-state index is 8.21. The monoisotopic (exact) mass is 230 g/mol. The van der Waals surface area contributed by atoms with Crippen LogP contribution >= 0.6 is 0 Å². The van der Waals surface area contributed by atoms with E-state index in [9.17, 15) is 0 Å². The average Bonchev–Trinajstić information content (AvgIpc) is 2.30. The number of hydrogen-bond donors (Lipinski definition) is 1. The lowest BCUT2D eigenvalue weighted by molar-refractivity contribution is 0.342. The molecule has 0 aromatic rings. The molecule has 0 aliphatic rings. The predicted molar refractivity (Wildman–Crippen MR) is 76.8 cm³/mol. The zero-order valence-electron chi connectivity index (χ0n) is 12.4. The number of allylic oxidation sites excluding steroid dienone is 1. The van der Waals surface area contributed by atoms with Crippen molar-refractivity contribution in [2.75, 3.05) is 6.61 Å². The fraction of sp³-hybridized carbons (Fsp3) is 0.867. The summed E-state index contributed by atoms with van der Waals surface area (Å²) in [5.74, 6) is 0.903. The second-order valence-corrected chi connectivity index (χ2v) is 3.98. The molecule has 0 unspecified atom stereocenters. The molecular weight excluding hydrogens is 196 g/mol. The summed E-state index contributed by atoms with van der Waals surface area (Å²) >= 11 is 0. The van der Waals surface area contributed by atoms with E-state index >= 15 is 0 Å². The summed E-state index contributed by atoms with van der Waals surface area (Å²) in [4.78, 5) is 0. The van der Waals surface area contributed by atoms with Crippen LogP contribution in [0.1, 0.15) is 73.6 Å². The van der Waals surface area contributed by atoms with E-state index in [1.165, 1.54) is 19.3 Å². The van der Waals surface area contributed by atoms with Gasteiger partial charge in [0.15, 0.2) is 0 Å². The minimum absolute atomic E-state index is 0.181. The molecule has 0 aromatic heterocycles. The van der Waals surface area contributed by atoms with Crippen LogP contribution in [0.5, 0.6) is 0 Å². The largest absolute Gasteiger partial charge is 0.392 e. The van der Waals surface area contributed by atoms with Gasteiger partial charge in [0.1, 0.15) is 0 Å². The lowest BCUT2D eigenvalue weighted by Crippen LogP contribution is -1.83. The molecule has 0 spiro atoms. The minimum Gasteiger partial charge on any atom is -0.392 e. The highest BCUT2D eigenvalue weighted by Crippen LogP contribution is 2.04. The summed E-state index contributed by atoms with van der Waals surface area (Å²) < 4.78 is 0. The summed E-state index contributed by atoms with van der Waals surface area (Å²) in [5, 5.41) is 8.21. The molecule has 100 valence electrons. The molecule has 1 N–H and O–H groups in total. The first-order valence-electron chi connectivity index (χ1n) is 6.94. The number of rotatable bonds is 6. The number of aliphatic hydroxyl groups excluding tert-OH is 1. The van der Waals surface area contributed by atoms with E-state index in [-0.39, 0.29) is 6.61 Å². The van der Waals surface area contributed by atoms with Crippen LogP contribution in [0.15, 0.2) is 12.2 Å². The molecule has 0 aromatic carbocycles. The van der Waals surface area contributed by atoms with Crippen LogP contribution in [0.2, 0.25) is 0 Å². The summed E-state index contributed by atoms with van der Waals surface area (Å²) in [5.41, 5.74) is 0. The molecule has 0 rings (SSSR count). The molecule has 0 saturated heterocycles. The highest BCUT2D eigenvalue weighted by molar-refractivity contribution is 4.79. The van der Waals surface area contributed by atoms with E-state index in [1.54, 1.807) is 6.08 Å². The molecule has 0 radical (unpaired) electrons. The first kappa shape index (κ1) is 21.0. The first-order valence-corrected chi connectivity index (χ1v) is 6.94. The van der Waals surface area contributed by atoms with Crippen molar-refractivity contribution in [2.45, 2.75) is 73.6 Å². The normalized spacial score (nSPS) is 9.50. The molecule has 0 aliphatic heterocycles. The third-order valence-corrected chi connectivity index (χ3v) is 1.86. The number of aliphatic hydroxyl groups is 1. The molecular formula is C15H34O. The Balaban J connectivity index is -0.000000183. The predicted octanol–water partition coefficient (Wildman–Crippen LogP) is 5.19. The maximum atomic E-state index is 8.21. The minimum atomic E-state index is 0.181. The number of hydrogen-bond acceptors (Lipinski definition) is 1. The molecule has 16 heavy (non-hydrogen) atoms. The SMILES string of the molecule is CC.CCCC=CCO.CCCCC(C)C. The maximum Gasteiger partial charge on any atom is 0.0612 e. The molecule has 0 aliphatic carbocycles. The Morgan fingerprint density at radius 2 is 1.56 bits per heavy atom. The summed E-state index contributed by atoms with van der Waals surface area (Å²) in [6, 6.07) is 0. The van der Waals surface area contributed by atoms with Gasteiger partial charge >= 0.3 is 0 Å². The third-order valence-electron chi connectivity index (χ3n) is 1.86. The van der Waals surface area contributed by atoms with Crippen molar-refractivity contribution in [3.63, 3.8) is 0 Å². The van der Waals surface area contributed by atoms with Crippen LogP contribution < -0.4 is 0 Å². The Labute approximate surface area is 104 Å². The lowest BCUT2D eigenvalue weighted by atomic mass is 10.1. The van der Waals surface area contributed by atoms with Crippen molar-refractivity contribution < 1.29 is 5.11 Å². The Bertz CT molecular complexity index is 106. The quantitative estimate of drug-likeness (QED) is 0.622. The van der Waals surface area contributed by atoms with Crippen LogP contribution in [0.3, 0.4) is 0 Å². The van der Waals surface area contributed by atoms with Gasteiger partial charge in [0, 0.05) is 0 Å². The average molecular weight is 230 g/mol. The molecule has 0 heterocycles. The second-order valence-electron chi connectivity index (χ2n) is 3.98. The van der Waals surface area contributed by atoms with Gasteiger partial charge < -0.3 is 5.11 Å². The van der Waals surface area contributed by atoms with Crippen molar-refractivity contribution in [2.24, 2.45) is 5.92 Å². The highest BCUT2D eigenvalue weighted by atomic mass is 16.2. The molecule has 1 nitrogen and oxygen atoms in total. The van der Waals surface area contributed by atoms with Crippen LogP contribution in [-0.2, 0) is 0 Å². The molecule has 0 atom stereocenters. The van der Waals surface area contributed by atoms with Gasteiger partial charge in [-0.3, -0.25) is 0 Å². The number of unbranched alkanes of at least 4 members (excludes halogenated alkanes) is 2. The highest BCUT2D eigenvalue weighted by Gasteiger charge is 1.88. The zero-order chi connectivity index (χ0) is 13.2. The summed E-state index contributed by atoms with van der Waals surface area (Å²) in [6.07, 6.45) is 10.1. The van der Waals surface area contributed by atoms with E-state index in [0.29, 0.717) is 0 Å². The topological polar surface area (TPSA) is 20.2 Å². The van der Waals surface area contributed by atoms with Gasteiger partial charge in [0.25, 0.3) is 0 Å². The Kier molecular flexibility index (Phi) is 31.7. The van der Waals surface area contributed by atoms with Crippen molar-refractivity contribution in [1.82, 2.24) is 0 Å². The van der Waals surface area contributed by atoms with E-state index in [1.807, 2.05) is 19.9 Å². The van der Waals surface area contributed by atoms with Crippen LogP contribution in [0, 0.1) is 5.92 Å². The van der Waals surface area contributed by atoms with E-state index in [4.69, 9.17) is 5.11 Å². The Hall–Kier alpha value is -0.300. The molecule has 0 saturated carbocycles. The first-order chi connectivity index (χ1) is 7.68. The molecule has 0 bridgehead atoms. The fourth-order valence-electron chi connectivity index (χ4n) is 0.971. The molecule has 1 heteroatoms. The molecule has 0 amide bonds. The Morgan fingerprint density at radius 3 is 1.81 bits per heavy atom.